The van der Waals surface area contributed by atoms with Crippen molar-refractivity contribution in [2.45, 2.75) is 24.9 Å². The van der Waals surface area contributed by atoms with E-state index in [0.717, 1.165) is 12.1 Å². The van der Waals surface area contributed by atoms with Gasteiger partial charge in [0.05, 0.1) is 26.9 Å². The molecule has 0 bridgehead atoms. The van der Waals surface area contributed by atoms with Crippen LogP contribution in [0.15, 0.2) is 82.8 Å². The number of benzene rings is 3. The first-order chi connectivity index (χ1) is 17.8. The first kappa shape index (κ1) is 28.7. The number of alkyl halides is 3. The normalized spacial score (nSPS) is 12.1. The number of nitrogens with one attached hydrogen (secondary N) is 2. The zero-order chi connectivity index (χ0) is 28.1. The molecule has 0 aliphatic rings. The van der Waals surface area contributed by atoms with E-state index in [0.29, 0.717) is 27.3 Å². The highest BCUT2D eigenvalue weighted by molar-refractivity contribution is 7.92. The lowest BCUT2D eigenvalue weighted by molar-refractivity contribution is -0.137. The van der Waals surface area contributed by atoms with Crippen molar-refractivity contribution >= 4 is 50.5 Å². The first-order valence-corrected chi connectivity index (χ1v) is 12.8. The minimum atomic E-state index is -4.86. The minimum absolute atomic E-state index is 0.231. The third-order valence-corrected chi connectivity index (χ3v) is 7.23. The maximum Gasteiger partial charge on any atom is 0.417 e. The molecule has 2 N–H and O–H groups in total. The topological polar surface area (TPSA) is 108 Å². The van der Waals surface area contributed by atoms with Gasteiger partial charge >= 0.3 is 6.18 Å². The summed E-state index contributed by atoms with van der Waals surface area (Å²) in [5, 5.41) is 5.96. The zero-order valence-corrected chi connectivity index (χ0v) is 21.7. The maximum atomic E-state index is 13.5. The summed E-state index contributed by atoms with van der Waals surface area (Å²) in [6, 6.07) is 16.1. The summed E-state index contributed by atoms with van der Waals surface area (Å²) in [6.07, 6.45) is -4.86. The van der Waals surface area contributed by atoms with Crippen molar-refractivity contribution in [3.63, 3.8) is 0 Å². The van der Waals surface area contributed by atoms with Crippen LogP contribution in [0.2, 0.25) is 5.02 Å². The molecule has 38 heavy (non-hydrogen) atoms. The van der Waals surface area contributed by atoms with Gasteiger partial charge in [-0.1, -0.05) is 41.9 Å². The predicted molar refractivity (Wildman–Crippen MR) is 139 cm³/mol. The summed E-state index contributed by atoms with van der Waals surface area (Å²) < 4.78 is 67.7. The Hall–Kier alpha value is -3.90. The molecule has 0 radical (unpaired) electrons. The van der Waals surface area contributed by atoms with Crippen LogP contribution in [-0.4, -0.2) is 32.5 Å². The van der Waals surface area contributed by atoms with Gasteiger partial charge in [-0.3, -0.25) is 13.9 Å². The summed E-state index contributed by atoms with van der Waals surface area (Å²) in [7, 11) is -4.46. The monoisotopic (exact) mass is 566 g/mol. The Morgan fingerprint density at radius 3 is 2.29 bits per heavy atom. The van der Waals surface area contributed by atoms with Crippen molar-refractivity contribution in [1.29, 1.82) is 0 Å². The molecule has 0 heterocycles. The number of carbonyl (C=O) groups is 2. The van der Waals surface area contributed by atoms with Crippen molar-refractivity contribution < 1.29 is 31.2 Å². The fourth-order valence-corrected chi connectivity index (χ4v) is 4.98. The molecule has 3 rings (SSSR count). The van der Waals surface area contributed by atoms with Gasteiger partial charge in [-0.2, -0.15) is 18.3 Å². The summed E-state index contributed by atoms with van der Waals surface area (Å²) in [4.78, 5) is 23.8. The number of carbonyl (C=O) groups excluding carboxylic acids is 2. The maximum absolute atomic E-state index is 13.5. The molecular weight excluding hydrogens is 545 g/mol. The van der Waals surface area contributed by atoms with Crippen molar-refractivity contribution in [3.05, 3.63) is 88.9 Å². The Kier molecular flexibility index (Phi) is 8.79. The highest BCUT2D eigenvalue weighted by Crippen LogP contribution is 2.38. The molecule has 0 atom stereocenters. The lowest BCUT2D eigenvalue weighted by Crippen LogP contribution is -2.40. The number of halogens is 4. The van der Waals surface area contributed by atoms with Gasteiger partial charge in [-0.15, -0.1) is 0 Å². The molecule has 200 valence electrons. The molecule has 0 saturated carbocycles. The van der Waals surface area contributed by atoms with E-state index in [9.17, 15) is 31.2 Å². The Morgan fingerprint density at radius 2 is 1.66 bits per heavy atom. The zero-order valence-electron chi connectivity index (χ0n) is 20.1. The number of hydrazone groups is 1. The summed E-state index contributed by atoms with van der Waals surface area (Å²) in [5.74, 6) is -1.19. The summed E-state index contributed by atoms with van der Waals surface area (Å²) in [5.41, 5.74) is 1.94. The third-order valence-electron chi connectivity index (χ3n) is 5.11. The highest BCUT2D eigenvalue weighted by atomic mass is 35.5. The Balaban J connectivity index is 1.93. The molecule has 13 heteroatoms. The van der Waals surface area contributed by atoms with Gasteiger partial charge in [0.25, 0.3) is 15.9 Å². The molecule has 0 aromatic heterocycles. The van der Waals surface area contributed by atoms with Crippen LogP contribution in [0.4, 0.5) is 24.5 Å². The standard InChI is InChI=1S/C25H22ClF3N4O4S/c1-16(18-7-6-8-19(13-18)30-17(2)34)31-32-24(35)15-33(38(36,37)21-9-4-3-5-10-21)20-11-12-23(26)22(14-20)25(27,28)29/h3-14H,15H2,1-2H3,(H,30,34)(H,32,35)/b31-16-. The average molecular weight is 567 g/mol. The van der Waals surface area contributed by atoms with Gasteiger partial charge in [-0.25, -0.2) is 13.8 Å². The first-order valence-electron chi connectivity index (χ1n) is 10.9. The lowest BCUT2D eigenvalue weighted by atomic mass is 10.1. The molecule has 0 aliphatic carbocycles. The van der Waals surface area contributed by atoms with Gasteiger partial charge in [0.2, 0.25) is 5.91 Å². The van der Waals surface area contributed by atoms with Crippen molar-refractivity contribution in [2.24, 2.45) is 5.10 Å². The minimum Gasteiger partial charge on any atom is -0.326 e. The lowest BCUT2D eigenvalue weighted by Gasteiger charge is -2.25. The van der Waals surface area contributed by atoms with Crippen LogP contribution in [0, 0.1) is 0 Å². The van der Waals surface area contributed by atoms with Gasteiger partial charge < -0.3 is 5.32 Å². The van der Waals surface area contributed by atoms with E-state index in [1.54, 1.807) is 37.3 Å². The van der Waals surface area contributed by atoms with E-state index in [1.165, 1.54) is 31.2 Å². The van der Waals surface area contributed by atoms with Gasteiger partial charge in [0.15, 0.2) is 0 Å². The van der Waals surface area contributed by atoms with Crippen molar-refractivity contribution in [3.8, 4) is 0 Å². The SMILES string of the molecule is CC(=O)Nc1cccc(/C(C)=N\NC(=O)CN(c2ccc(Cl)c(C(F)(F)F)c2)S(=O)(=O)c2ccccc2)c1. The number of amides is 2. The number of rotatable bonds is 8. The molecule has 8 nitrogen and oxygen atoms in total. The largest absolute Gasteiger partial charge is 0.417 e. The van der Waals surface area contributed by atoms with E-state index < -0.39 is 44.9 Å². The second-order valence-corrected chi connectivity index (χ2v) is 10.3. The number of nitrogens with zero attached hydrogens (tertiary/aromatic N) is 2. The molecule has 0 saturated heterocycles. The van der Waals surface area contributed by atoms with Crippen molar-refractivity contribution in [1.82, 2.24) is 5.43 Å². The van der Waals surface area contributed by atoms with Crippen LogP contribution in [0.1, 0.15) is 25.0 Å². The van der Waals surface area contributed by atoms with E-state index in [-0.39, 0.29) is 10.8 Å². The fraction of sp³-hybridized carbons (Fsp3) is 0.160. The van der Waals surface area contributed by atoms with Gasteiger partial charge in [-0.05, 0) is 55.0 Å². The Bertz CT molecular complexity index is 1480. The van der Waals surface area contributed by atoms with Crippen molar-refractivity contribution in [2.75, 3.05) is 16.2 Å². The van der Waals surface area contributed by atoms with Gasteiger partial charge in [0.1, 0.15) is 6.54 Å². The fourth-order valence-electron chi connectivity index (χ4n) is 3.32. The second kappa shape index (κ2) is 11.7. The Labute approximate surface area is 222 Å². The van der Waals surface area contributed by atoms with Gasteiger partial charge in [0, 0.05) is 12.6 Å². The van der Waals surface area contributed by atoms with Crippen LogP contribution >= 0.6 is 11.6 Å². The van der Waals surface area contributed by atoms with Crippen LogP contribution < -0.4 is 15.0 Å². The number of anilines is 2. The molecule has 0 fully saturated rings. The van der Waals surface area contributed by atoms with E-state index in [4.69, 9.17) is 11.6 Å². The number of hydrogen-bond donors (Lipinski definition) is 2. The molecule has 0 spiro atoms. The molecule has 0 aliphatic heterocycles. The summed E-state index contributed by atoms with van der Waals surface area (Å²) >= 11 is 5.70. The van der Waals surface area contributed by atoms with Crippen LogP contribution in [0.5, 0.6) is 0 Å². The number of hydrogen-bond acceptors (Lipinski definition) is 5. The number of sulfonamides is 1. The molecule has 2 amide bonds. The van der Waals surface area contributed by atoms with Crippen LogP contribution in [0.25, 0.3) is 0 Å². The molecular formula is C25H22ClF3N4O4S. The van der Waals surface area contributed by atoms with Crippen LogP contribution in [-0.2, 0) is 25.8 Å². The van der Waals surface area contributed by atoms with Crippen LogP contribution in [0.3, 0.4) is 0 Å². The smallest absolute Gasteiger partial charge is 0.326 e. The molecule has 3 aromatic rings. The predicted octanol–water partition coefficient (Wildman–Crippen LogP) is 5.05. The molecule has 0 unspecified atom stereocenters. The second-order valence-electron chi connectivity index (χ2n) is 7.98. The quantitative estimate of drug-likeness (QED) is 0.294. The Morgan fingerprint density at radius 1 is 0.974 bits per heavy atom. The van der Waals surface area contributed by atoms with E-state index in [1.807, 2.05) is 0 Å². The van der Waals surface area contributed by atoms with E-state index >= 15 is 0 Å². The summed E-state index contributed by atoms with van der Waals surface area (Å²) in [6.45, 7) is 2.04. The van der Waals surface area contributed by atoms with E-state index in [2.05, 4.69) is 15.8 Å². The average Bonchev–Trinajstić information content (AvgIpc) is 2.86. The highest BCUT2D eigenvalue weighted by Gasteiger charge is 2.35. The third kappa shape index (κ3) is 7.11. The molecule has 3 aromatic carbocycles.